The zero-order chi connectivity index (χ0) is 15.9. The van der Waals surface area contributed by atoms with Gasteiger partial charge >= 0.3 is 0 Å². The number of carbonyl (C=O) groups is 1. The second-order valence-electron chi connectivity index (χ2n) is 4.85. The van der Waals surface area contributed by atoms with Crippen LogP contribution in [0.4, 0.5) is 5.69 Å². The van der Waals surface area contributed by atoms with Crippen molar-refractivity contribution >= 4 is 45.9 Å². The topological polar surface area (TPSA) is 38.3 Å². The van der Waals surface area contributed by atoms with E-state index >= 15 is 0 Å². The zero-order valence-corrected chi connectivity index (χ0v) is 15.5. The van der Waals surface area contributed by atoms with E-state index in [-0.39, 0.29) is 5.91 Å². The van der Waals surface area contributed by atoms with Crippen LogP contribution in [0.2, 0.25) is 0 Å². The first kappa shape index (κ1) is 17.1. The van der Waals surface area contributed by atoms with Crippen LogP contribution in [0.15, 0.2) is 42.5 Å². The monoisotopic (exact) mass is 427 g/mol. The largest absolute Gasteiger partial charge is 0.497 e. The smallest absolute Gasteiger partial charge is 0.234 e. The standard InChI is InChI=1S/C17H18INO2S/c1-12-8-14(18)6-7-16(12)19-17(20)11-22-10-13-4-3-5-15(9-13)21-2/h3-9H,10-11H2,1-2H3,(H,19,20). The van der Waals surface area contributed by atoms with Crippen LogP contribution >= 0.6 is 34.4 Å². The Morgan fingerprint density at radius 2 is 2.09 bits per heavy atom. The number of amides is 1. The van der Waals surface area contributed by atoms with E-state index in [1.807, 2.05) is 43.3 Å². The number of anilines is 1. The van der Waals surface area contributed by atoms with Crippen LogP contribution in [0, 0.1) is 10.5 Å². The van der Waals surface area contributed by atoms with Crippen molar-refractivity contribution in [2.24, 2.45) is 0 Å². The summed E-state index contributed by atoms with van der Waals surface area (Å²) in [5.41, 5.74) is 3.12. The van der Waals surface area contributed by atoms with Gasteiger partial charge < -0.3 is 10.1 Å². The number of hydrogen-bond acceptors (Lipinski definition) is 3. The Balaban J connectivity index is 1.82. The average molecular weight is 427 g/mol. The lowest BCUT2D eigenvalue weighted by Crippen LogP contribution is -2.15. The van der Waals surface area contributed by atoms with E-state index in [1.165, 1.54) is 3.57 Å². The minimum atomic E-state index is 0.0252. The Bertz CT molecular complexity index is 661. The lowest BCUT2D eigenvalue weighted by molar-refractivity contribution is -0.113. The molecule has 0 aliphatic heterocycles. The van der Waals surface area contributed by atoms with Crippen molar-refractivity contribution in [1.29, 1.82) is 0 Å². The third-order valence-corrected chi connectivity index (χ3v) is 4.77. The molecule has 0 aromatic heterocycles. The second kappa shape index (κ2) is 8.43. The van der Waals surface area contributed by atoms with Crippen LogP contribution in [-0.2, 0) is 10.5 Å². The first-order valence-electron chi connectivity index (χ1n) is 6.85. The molecule has 0 atom stereocenters. The predicted molar refractivity (Wildman–Crippen MR) is 102 cm³/mol. The normalized spacial score (nSPS) is 10.3. The number of hydrogen-bond donors (Lipinski definition) is 1. The second-order valence-corrected chi connectivity index (χ2v) is 7.08. The van der Waals surface area contributed by atoms with Crippen molar-refractivity contribution in [3.63, 3.8) is 0 Å². The summed E-state index contributed by atoms with van der Waals surface area (Å²) in [5.74, 6) is 2.09. The van der Waals surface area contributed by atoms with Gasteiger partial charge in [-0.3, -0.25) is 4.79 Å². The predicted octanol–water partition coefficient (Wildman–Crippen LogP) is 4.48. The molecule has 116 valence electrons. The van der Waals surface area contributed by atoms with Gasteiger partial charge in [0.05, 0.1) is 12.9 Å². The van der Waals surface area contributed by atoms with E-state index in [4.69, 9.17) is 4.74 Å². The molecule has 0 aliphatic carbocycles. The van der Waals surface area contributed by atoms with Crippen LogP contribution < -0.4 is 10.1 Å². The van der Waals surface area contributed by atoms with Gasteiger partial charge in [-0.15, -0.1) is 11.8 Å². The van der Waals surface area contributed by atoms with Crippen molar-refractivity contribution in [3.05, 3.63) is 57.2 Å². The van der Waals surface area contributed by atoms with Gasteiger partial charge in [-0.25, -0.2) is 0 Å². The molecule has 2 aromatic carbocycles. The molecule has 0 radical (unpaired) electrons. The number of ether oxygens (including phenoxy) is 1. The number of methoxy groups -OCH3 is 1. The molecule has 0 spiro atoms. The summed E-state index contributed by atoms with van der Waals surface area (Å²) in [6.45, 7) is 2.00. The molecule has 2 aromatic rings. The van der Waals surface area contributed by atoms with Crippen molar-refractivity contribution in [3.8, 4) is 5.75 Å². The van der Waals surface area contributed by atoms with Crippen molar-refractivity contribution in [1.82, 2.24) is 0 Å². The fraction of sp³-hybridized carbons (Fsp3) is 0.235. The molecule has 0 bridgehead atoms. The van der Waals surface area contributed by atoms with Crippen molar-refractivity contribution < 1.29 is 9.53 Å². The highest BCUT2D eigenvalue weighted by Crippen LogP contribution is 2.20. The first-order chi connectivity index (χ1) is 10.6. The minimum absolute atomic E-state index is 0.0252. The lowest BCUT2D eigenvalue weighted by atomic mass is 10.2. The van der Waals surface area contributed by atoms with Crippen molar-refractivity contribution in [2.45, 2.75) is 12.7 Å². The number of aryl methyl sites for hydroxylation is 1. The first-order valence-corrected chi connectivity index (χ1v) is 9.08. The quantitative estimate of drug-likeness (QED) is 0.691. The molecule has 3 nitrogen and oxygen atoms in total. The molecule has 0 heterocycles. The maximum absolute atomic E-state index is 12.0. The number of carbonyl (C=O) groups excluding carboxylic acids is 1. The molecular formula is C17H18INO2S. The molecule has 5 heteroatoms. The van der Waals surface area contributed by atoms with Gasteiger partial charge in [-0.05, 0) is 71.0 Å². The third-order valence-electron chi connectivity index (χ3n) is 3.10. The summed E-state index contributed by atoms with van der Waals surface area (Å²) in [5, 5.41) is 2.96. The van der Waals surface area contributed by atoms with E-state index in [1.54, 1.807) is 18.9 Å². The third kappa shape index (κ3) is 5.21. The fourth-order valence-electron chi connectivity index (χ4n) is 1.98. The molecule has 22 heavy (non-hydrogen) atoms. The number of benzene rings is 2. The molecule has 2 rings (SSSR count). The van der Waals surface area contributed by atoms with Gasteiger partial charge in [0.15, 0.2) is 0 Å². The van der Waals surface area contributed by atoms with Gasteiger partial charge in [0, 0.05) is 15.0 Å². The van der Waals surface area contributed by atoms with E-state index in [2.05, 4.69) is 34.0 Å². The van der Waals surface area contributed by atoms with E-state index in [0.717, 1.165) is 28.3 Å². The van der Waals surface area contributed by atoms with Crippen LogP contribution in [0.25, 0.3) is 0 Å². The lowest BCUT2D eigenvalue weighted by Gasteiger charge is -2.09. The van der Waals surface area contributed by atoms with Gasteiger partial charge in [0.2, 0.25) is 5.91 Å². The maximum Gasteiger partial charge on any atom is 0.234 e. The summed E-state index contributed by atoms with van der Waals surface area (Å²) in [4.78, 5) is 12.0. The number of halogens is 1. The maximum atomic E-state index is 12.0. The van der Waals surface area contributed by atoms with E-state index in [0.29, 0.717) is 5.75 Å². The summed E-state index contributed by atoms with van der Waals surface area (Å²) < 4.78 is 6.36. The molecule has 1 N–H and O–H groups in total. The fourth-order valence-corrected chi connectivity index (χ4v) is 3.40. The van der Waals surface area contributed by atoms with Gasteiger partial charge in [0.1, 0.15) is 5.75 Å². The summed E-state index contributed by atoms with van der Waals surface area (Å²) in [7, 11) is 1.66. The molecular weight excluding hydrogens is 409 g/mol. The van der Waals surface area contributed by atoms with Gasteiger partial charge in [0.25, 0.3) is 0 Å². The number of rotatable bonds is 6. The Morgan fingerprint density at radius 3 is 2.82 bits per heavy atom. The highest BCUT2D eigenvalue weighted by atomic mass is 127. The Labute approximate surface area is 149 Å². The molecule has 0 saturated heterocycles. The summed E-state index contributed by atoms with van der Waals surface area (Å²) >= 11 is 3.86. The van der Waals surface area contributed by atoms with E-state index in [9.17, 15) is 4.79 Å². The Morgan fingerprint density at radius 1 is 1.27 bits per heavy atom. The van der Waals surface area contributed by atoms with Crippen LogP contribution in [-0.4, -0.2) is 18.8 Å². The highest BCUT2D eigenvalue weighted by Gasteiger charge is 2.06. The molecule has 1 amide bonds. The average Bonchev–Trinajstić information content (AvgIpc) is 2.50. The van der Waals surface area contributed by atoms with Crippen LogP contribution in [0.5, 0.6) is 5.75 Å². The zero-order valence-electron chi connectivity index (χ0n) is 12.6. The highest BCUT2D eigenvalue weighted by molar-refractivity contribution is 14.1. The van der Waals surface area contributed by atoms with Gasteiger partial charge in [-0.1, -0.05) is 12.1 Å². The molecule has 0 fully saturated rings. The van der Waals surface area contributed by atoms with Crippen molar-refractivity contribution in [2.75, 3.05) is 18.2 Å². The number of nitrogens with one attached hydrogen (secondary N) is 1. The molecule has 0 aliphatic rings. The Hall–Kier alpha value is -1.21. The minimum Gasteiger partial charge on any atom is -0.497 e. The summed E-state index contributed by atoms with van der Waals surface area (Å²) in [6, 6.07) is 13.9. The van der Waals surface area contributed by atoms with E-state index < -0.39 is 0 Å². The molecule has 0 saturated carbocycles. The number of thioether (sulfide) groups is 1. The molecule has 0 unspecified atom stereocenters. The van der Waals surface area contributed by atoms with Crippen LogP contribution in [0.3, 0.4) is 0 Å². The SMILES string of the molecule is COc1cccc(CSCC(=O)Nc2ccc(I)cc2C)c1. The summed E-state index contributed by atoms with van der Waals surface area (Å²) in [6.07, 6.45) is 0. The van der Waals surface area contributed by atoms with Crippen LogP contribution in [0.1, 0.15) is 11.1 Å². The van der Waals surface area contributed by atoms with Gasteiger partial charge in [-0.2, -0.15) is 0 Å². The Kier molecular flexibility index (Phi) is 6.57.